The summed E-state index contributed by atoms with van der Waals surface area (Å²) in [6.45, 7) is 6.90. The van der Waals surface area contributed by atoms with Crippen molar-refractivity contribution in [2.75, 3.05) is 41.3 Å². The molecule has 9 rings (SSSR count). The van der Waals surface area contributed by atoms with Crippen LogP contribution in [-0.4, -0.2) is 114 Å². The summed E-state index contributed by atoms with van der Waals surface area (Å²) in [6.07, 6.45) is 3.75. The summed E-state index contributed by atoms with van der Waals surface area (Å²) in [5, 5.41) is 24.9. The average Bonchev–Trinajstić information content (AvgIpc) is 4.01. The quantitative estimate of drug-likeness (QED) is 0.128. The summed E-state index contributed by atoms with van der Waals surface area (Å²) in [5.41, 5.74) is 1.24. The molecule has 0 bridgehead atoms. The molecule has 4 aliphatic rings. The first-order valence-corrected chi connectivity index (χ1v) is 23.2. The van der Waals surface area contributed by atoms with Crippen molar-refractivity contribution in [3.05, 3.63) is 59.8 Å². The second kappa shape index (κ2) is 18.7. The van der Waals surface area contributed by atoms with Gasteiger partial charge in [0.15, 0.2) is 11.3 Å². The number of anilines is 3. The third kappa shape index (κ3) is 9.94. The number of benzene rings is 1. The Labute approximate surface area is 389 Å². The first kappa shape index (κ1) is 46.4. The maximum absolute atomic E-state index is 14.9. The number of nitrogens with one attached hydrogen (secondary N) is 4. The van der Waals surface area contributed by atoms with Crippen molar-refractivity contribution in [1.82, 2.24) is 50.1 Å². The Hall–Kier alpha value is -6.74. The lowest BCUT2D eigenvalue weighted by atomic mass is 9.85. The topological polar surface area (TPSA) is 215 Å². The number of hydrogen-bond donors (Lipinski definition) is 4. The van der Waals surface area contributed by atoms with E-state index in [1.165, 1.54) is 21.6 Å². The van der Waals surface area contributed by atoms with Gasteiger partial charge in [0.2, 0.25) is 17.7 Å². The van der Waals surface area contributed by atoms with E-state index < -0.39 is 47.9 Å². The Balaban J connectivity index is 0.779. The Morgan fingerprint density at radius 2 is 1.69 bits per heavy atom. The number of aromatic nitrogens is 7. The van der Waals surface area contributed by atoms with Gasteiger partial charge in [-0.3, -0.25) is 33.9 Å². The molecule has 3 atom stereocenters. The smallest absolute Gasteiger partial charge is 0.407 e. The van der Waals surface area contributed by atoms with Gasteiger partial charge in [-0.15, -0.1) is 0 Å². The molecule has 0 spiro atoms. The van der Waals surface area contributed by atoms with E-state index in [9.17, 15) is 37.1 Å². The highest BCUT2D eigenvalue weighted by Gasteiger charge is 2.35. The fourth-order valence-corrected chi connectivity index (χ4v) is 9.92. The van der Waals surface area contributed by atoms with Gasteiger partial charge in [0.05, 0.1) is 47.6 Å². The highest BCUT2D eigenvalue weighted by Crippen LogP contribution is 2.37. The van der Waals surface area contributed by atoms with E-state index in [0.29, 0.717) is 43.6 Å². The highest BCUT2D eigenvalue weighted by atomic mass is 19.3. The van der Waals surface area contributed by atoms with Crippen molar-refractivity contribution in [2.24, 2.45) is 13.0 Å². The number of hydrogen-bond acceptors (Lipinski definition) is 12. The van der Waals surface area contributed by atoms with Gasteiger partial charge < -0.3 is 30.5 Å². The maximum Gasteiger partial charge on any atom is 0.407 e. The number of imide groups is 1. The number of fused-ring (bicyclic) bond motifs is 2. The van der Waals surface area contributed by atoms with Crippen LogP contribution in [0.25, 0.3) is 16.6 Å². The molecule has 5 amide bonds. The number of piperidine rings is 3. The Morgan fingerprint density at radius 3 is 2.41 bits per heavy atom. The van der Waals surface area contributed by atoms with Gasteiger partial charge in [0.25, 0.3) is 12.3 Å². The van der Waals surface area contributed by atoms with E-state index in [1.54, 1.807) is 42.6 Å². The molecule has 1 unspecified atom stereocenters. The number of halogens is 3. The minimum atomic E-state index is -2.99. The monoisotopic (exact) mass is 943 g/mol. The van der Waals surface area contributed by atoms with Gasteiger partial charge in [-0.1, -0.05) is 0 Å². The normalized spacial score (nSPS) is 23.0. The predicted molar refractivity (Wildman–Crippen MR) is 243 cm³/mol. The molecule has 3 saturated heterocycles. The number of alkyl halides is 3. The van der Waals surface area contributed by atoms with E-state index in [2.05, 4.69) is 52.5 Å². The molecule has 3 aliphatic heterocycles. The van der Waals surface area contributed by atoms with Crippen molar-refractivity contribution in [3.8, 4) is 0 Å². The average molecular weight is 944 g/mol. The van der Waals surface area contributed by atoms with Gasteiger partial charge >= 0.3 is 6.09 Å². The molecule has 68 heavy (non-hydrogen) atoms. The van der Waals surface area contributed by atoms with Crippen molar-refractivity contribution in [1.29, 1.82) is 0 Å². The Bertz CT molecular complexity index is 2730. The minimum absolute atomic E-state index is 0.000772. The molecule has 1 saturated carbocycles. The van der Waals surface area contributed by atoms with E-state index in [0.717, 1.165) is 42.5 Å². The van der Waals surface area contributed by atoms with Crippen molar-refractivity contribution < 1.29 is 41.9 Å². The van der Waals surface area contributed by atoms with Crippen LogP contribution in [0.2, 0.25) is 0 Å². The third-order valence-corrected chi connectivity index (χ3v) is 13.3. The first-order valence-electron chi connectivity index (χ1n) is 23.2. The van der Waals surface area contributed by atoms with Crippen molar-refractivity contribution in [2.45, 2.75) is 121 Å². The van der Waals surface area contributed by atoms with Crippen LogP contribution in [0.15, 0.2) is 42.9 Å². The lowest BCUT2D eigenvalue weighted by Crippen LogP contribution is -2.52. The SMILES string of the molecule is Cn1nc(C2CCC(=O)NC2=O)c2ccc(N3CCC(NC(=O)C4CCC(n5cc(NC(=O)c6cnn7ccc(N8C[C@H](F)C[C@@H](NC(=O)OC(C)(C)C)C8)nc67)c(C(F)F)n5)CC4)CC3)cc21. The predicted octanol–water partition coefficient (Wildman–Crippen LogP) is 5.48. The number of rotatable bonds is 10. The molecule has 1 aliphatic carbocycles. The number of alkyl carbamates (subject to hydrolysis) is 1. The summed E-state index contributed by atoms with van der Waals surface area (Å²) in [4.78, 5) is 72.4. The van der Waals surface area contributed by atoms with Crippen LogP contribution in [-0.2, 0) is 26.2 Å². The molecule has 7 heterocycles. The summed E-state index contributed by atoms with van der Waals surface area (Å²) < 4.78 is 53.7. The fourth-order valence-electron chi connectivity index (χ4n) is 9.92. The number of nitrogens with zero attached hydrogens (tertiary/aromatic N) is 9. The summed E-state index contributed by atoms with van der Waals surface area (Å²) in [6, 6.07) is 6.86. The molecule has 4 fully saturated rings. The Kier molecular flexibility index (Phi) is 12.8. The molecule has 362 valence electrons. The van der Waals surface area contributed by atoms with E-state index in [4.69, 9.17) is 4.74 Å². The Morgan fingerprint density at radius 1 is 0.926 bits per heavy atom. The zero-order chi connectivity index (χ0) is 48.0. The van der Waals surface area contributed by atoms with Gasteiger partial charge in [-0.05, 0) is 90.0 Å². The maximum atomic E-state index is 14.9. The zero-order valence-electron chi connectivity index (χ0n) is 38.4. The van der Waals surface area contributed by atoms with Crippen LogP contribution in [0, 0.1) is 5.92 Å². The number of amides is 5. The second-order valence-corrected chi connectivity index (χ2v) is 19.3. The molecule has 0 radical (unpaired) electrons. The molecular formula is C46H56F3N13O6. The summed E-state index contributed by atoms with van der Waals surface area (Å²) in [7, 11) is 1.84. The largest absolute Gasteiger partial charge is 0.444 e. The van der Waals surface area contributed by atoms with E-state index in [1.807, 2.05) is 19.2 Å². The number of aryl methyl sites for hydroxylation is 1. The minimum Gasteiger partial charge on any atom is -0.444 e. The van der Waals surface area contributed by atoms with Gasteiger partial charge in [-0.2, -0.15) is 15.3 Å². The van der Waals surface area contributed by atoms with E-state index >= 15 is 0 Å². The van der Waals surface area contributed by atoms with Crippen LogP contribution in [0.5, 0.6) is 0 Å². The summed E-state index contributed by atoms with van der Waals surface area (Å²) >= 11 is 0. The zero-order valence-corrected chi connectivity index (χ0v) is 38.4. The van der Waals surface area contributed by atoms with Crippen LogP contribution in [0.1, 0.15) is 119 Å². The third-order valence-electron chi connectivity index (χ3n) is 13.3. The number of carbonyl (C=O) groups is 5. The van der Waals surface area contributed by atoms with Gasteiger partial charge in [0, 0.05) is 75.0 Å². The lowest BCUT2D eigenvalue weighted by molar-refractivity contribution is -0.134. The van der Waals surface area contributed by atoms with Crippen LogP contribution < -0.4 is 31.1 Å². The van der Waals surface area contributed by atoms with Crippen molar-refractivity contribution in [3.63, 3.8) is 0 Å². The summed E-state index contributed by atoms with van der Waals surface area (Å²) in [5.74, 6) is -1.72. The van der Waals surface area contributed by atoms with Crippen LogP contribution >= 0.6 is 0 Å². The molecule has 1 aromatic carbocycles. The number of ether oxygens (including phenoxy) is 1. The highest BCUT2D eigenvalue weighted by molar-refractivity contribution is 6.08. The van der Waals surface area contributed by atoms with Crippen LogP contribution in [0.3, 0.4) is 0 Å². The molecule has 4 aromatic heterocycles. The molecular weight excluding hydrogens is 888 g/mol. The standard InChI is InChI=1S/C46H56F3N13O6/c1-46(2,3)68-45(67)52-28-19-26(47)22-60(23-28)36-15-18-61-41(54-36)33(21-50-61)44(66)53-34-24-62(57-39(34)40(48)49)29-7-5-25(6-8-29)42(64)51-27-13-16-59(17-14-27)30-9-10-31-35(20-30)58(4)56-38(31)32-11-12-37(63)55-43(32)65/h9-10,15,18,20-21,24-29,32,40H,5-8,11-14,16-17,19,22-23H2,1-4H3,(H,51,64)(H,52,67)(H,53,66)(H,55,63,65)/t25?,26-,28-,29?,32?/m1/s1. The second-order valence-electron chi connectivity index (χ2n) is 19.3. The first-order chi connectivity index (χ1) is 32.5. The molecule has 19 nitrogen and oxygen atoms in total. The van der Waals surface area contributed by atoms with Gasteiger partial charge in [0.1, 0.15) is 23.2 Å². The number of carbonyl (C=O) groups excluding carboxylic acids is 5. The molecule has 5 aromatic rings. The van der Waals surface area contributed by atoms with Crippen molar-refractivity contribution >= 4 is 63.5 Å². The molecule has 4 N–H and O–H groups in total. The van der Waals surface area contributed by atoms with Gasteiger partial charge in [-0.25, -0.2) is 27.5 Å². The van der Waals surface area contributed by atoms with E-state index in [-0.39, 0.29) is 78.6 Å². The lowest BCUT2D eigenvalue weighted by Gasteiger charge is -2.36. The fraction of sp³-hybridized carbons (Fsp3) is 0.543. The molecule has 22 heteroatoms. The van der Waals surface area contributed by atoms with Crippen LogP contribution in [0.4, 0.5) is 35.2 Å².